The van der Waals surface area contributed by atoms with Gasteiger partial charge in [0.2, 0.25) is 0 Å². The average Bonchev–Trinajstić information content (AvgIpc) is 2.76. The lowest BCUT2D eigenvalue weighted by Gasteiger charge is -2.08. The summed E-state index contributed by atoms with van der Waals surface area (Å²) >= 11 is 0. The maximum Gasteiger partial charge on any atom is 0.0771 e. The van der Waals surface area contributed by atoms with Crippen LogP contribution in [0, 0.1) is 0 Å². The Morgan fingerprint density at radius 1 is 1.69 bits per heavy atom. The van der Waals surface area contributed by atoms with Gasteiger partial charge in [-0.3, -0.25) is 4.68 Å². The molecule has 0 aromatic carbocycles. The minimum Gasteiger partial charge on any atom is -0.392 e. The minimum absolute atomic E-state index is 0.0610. The van der Waals surface area contributed by atoms with E-state index in [2.05, 4.69) is 5.10 Å². The number of nitrogens with zero attached hydrogens (tertiary/aromatic N) is 2. The number of aliphatic hydroxyl groups excluding tert-OH is 1. The molecule has 0 unspecified atom stereocenters. The predicted molar refractivity (Wildman–Crippen MR) is 47.1 cm³/mol. The molecule has 1 fully saturated rings. The Morgan fingerprint density at radius 3 is 3.23 bits per heavy atom. The van der Waals surface area contributed by atoms with Crippen LogP contribution in [0.1, 0.15) is 18.4 Å². The first-order valence-corrected chi connectivity index (χ1v) is 4.62. The van der Waals surface area contributed by atoms with Crippen molar-refractivity contribution in [3.05, 3.63) is 18.0 Å². The second kappa shape index (κ2) is 3.89. The Bertz CT molecular complexity index is 266. The van der Waals surface area contributed by atoms with Crippen LogP contribution in [-0.2, 0) is 17.9 Å². The first-order chi connectivity index (χ1) is 6.38. The summed E-state index contributed by atoms with van der Waals surface area (Å²) in [7, 11) is 0. The van der Waals surface area contributed by atoms with Crippen LogP contribution in [-0.4, -0.2) is 27.6 Å². The van der Waals surface area contributed by atoms with Crippen molar-refractivity contribution in [2.75, 3.05) is 6.61 Å². The van der Waals surface area contributed by atoms with Crippen LogP contribution in [0.2, 0.25) is 0 Å². The van der Waals surface area contributed by atoms with E-state index in [1.54, 1.807) is 6.20 Å². The van der Waals surface area contributed by atoms with Crippen molar-refractivity contribution in [1.29, 1.82) is 0 Å². The second-order valence-corrected chi connectivity index (χ2v) is 3.36. The summed E-state index contributed by atoms with van der Waals surface area (Å²) in [5.74, 6) is 0. The molecule has 0 amide bonds. The van der Waals surface area contributed by atoms with Gasteiger partial charge >= 0.3 is 0 Å². The summed E-state index contributed by atoms with van der Waals surface area (Å²) in [6, 6.07) is 0. The third-order valence-corrected chi connectivity index (χ3v) is 2.28. The van der Waals surface area contributed by atoms with Gasteiger partial charge < -0.3 is 9.84 Å². The molecule has 0 aliphatic carbocycles. The number of rotatable bonds is 3. The van der Waals surface area contributed by atoms with Crippen LogP contribution in [0.4, 0.5) is 0 Å². The minimum atomic E-state index is 0.0610. The molecule has 0 bridgehead atoms. The zero-order chi connectivity index (χ0) is 9.10. The lowest BCUT2D eigenvalue weighted by atomic mass is 10.2. The maximum atomic E-state index is 8.83. The van der Waals surface area contributed by atoms with Crippen molar-refractivity contribution in [2.45, 2.75) is 32.1 Å². The van der Waals surface area contributed by atoms with Crippen LogP contribution in [0.15, 0.2) is 12.4 Å². The fraction of sp³-hybridized carbons (Fsp3) is 0.667. The molecule has 1 aromatic heterocycles. The summed E-state index contributed by atoms with van der Waals surface area (Å²) in [6.07, 6.45) is 6.13. The van der Waals surface area contributed by atoms with Gasteiger partial charge in [-0.15, -0.1) is 0 Å². The quantitative estimate of drug-likeness (QED) is 0.742. The van der Waals surface area contributed by atoms with E-state index in [1.165, 1.54) is 0 Å². The zero-order valence-electron chi connectivity index (χ0n) is 7.52. The van der Waals surface area contributed by atoms with Crippen molar-refractivity contribution >= 4 is 0 Å². The van der Waals surface area contributed by atoms with Crippen molar-refractivity contribution < 1.29 is 9.84 Å². The van der Waals surface area contributed by atoms with Gasteiger partial charge in [0.05, 0.1) is 25.5 Å². The topological polar surface area (TPSA) is 47.3 Å². The van der Waals surface area contributed by atoms with Gasteiger partial charge in [0, 0.05) is 18.4 Å². The monoisotopic (exact) mass is 182 g/mol. The molecule has 1 aromatic rings. The Balaban J connectivity index is 1.92. The largest absolute Gasteiger partial charge is 0.392 e. The molecule has 4 nitrogen and oxygen atoms in total. The van der Waals surface area contributed by atoms with Crippen molar-refractivity contribution in [2.24, 2.45) is 0 Å². The van der Waals surface area contributed by atoms with Gasteiger partial charge in [0.15, 0.2) is 0 Å². The SMILES string of the molecule is OCc1cnn(C[C@H]2CCCO2)c1. The van der Waals surface area contributed by atoms with Gasteiger partial charge in [0.25, 0.3) is 0 Å². The van der Waals surface area contributed by atoms with Gasteiger partial charge in [-0.1, -0.05) is 0 Å². The van der Waals surface area contributed by atoms with Crippen molar-refractivity contribution in [3.8, 4) is 0 Å². The lowest BCUT2D eigenvalue weighted by molar-refractivity contribution is 0.0939. The van der Waals surface area contributed by atoms with Crippen LogP contribution in [0.25, 0.3) is 0 Å². The molecule has 0 saturated carbocycles. The van der Waals surface area contributed by atoms with Crippen LogP contribution < -0.4 is 0 Å². The summed E-state index contributed by atoms with van der Waals surface area (Å²) in [6.45, 7) is 1.74. The standard InChI is InChI=1S/C9H14N2O2/c12-7-8-4-10-11(5-8)6-9-2-1-3-13-9/h4-5,9,12H,1-3,6-7H2/t9-/m1/s1. The number of aliphatic hydroxyl groups is 1. The fourth-order valence-electron chi connectivity index (χ4n) is 1.58. The number of aromatic nitrogens is 2. The molecule has 1 aliphatic heterocycles. The number of ether oxygens (including phenoxy) is 1. The summed E-state index contributed by atoms with van der Waals surface area (Å²) in [4.78, 5) is 0. The van der Waals surface area contributed by atoms with E-state index in [0.717, 1.165) is 31.6 Å². The average molecular weight is 182 g/mol. The third kappa shape index (κ3) is 2.08. The van der Waals surface area contributed by atoms with E-state index in [0.29, 0.717) is 6.10 Å². The second-order valence-electron chi connectivity index (χ2n) is 3.36. The third-order valence-electron chi connectivity index (χ3n) is 2.28. The molecule has 2 rings (SSSR count). The molecular formula is C9H14N2O2. The predicted octanol–water partition coefficient (Wildman–Crippen LogP) is 0.554. The summed E-state index contributed by atoms with van der Waals surface area (Å²) in [5, 5.41) is 13.0. The van der Waals surface area contributed by atoms with E-state index >= 15 is 0 Å². The van der Waals surface area contributed by atoms with E-state index in [9.17, 15) is 0 Å². The van der Waals surface area contributed by atoms with Crippen LogP contribution in [0.3, 0.4) is 0 Å². The molecular weight excluding hydrogens is 168 g/mol. The zero-order valence-corrected chi connectivity index (χ0v) is 7.52. The first kappa shape index (κ1) is 8.72. The first-order valence-electron chi connectivity index (χ1n) is 4.62. The van der Waals surface area contributed by atoms with Gasteiger partial charge in [0.1, 0.15) is 0 Å². The summed E-state index contributed by atoms with van der Waals surface area (Å²) in [5.41, 5.74) is 0.859. The molecule has 1 N–H and O–H groups in total. The fourth-order valence-corrected chi connectivity index (χ4v) is 1.58. The molecule has 2 heterocycles. The van der Waals surface area contributed by atoms with Crippen molar-refractivity contribution in [1.82, 2.24) is 9.78 Å². The molecule has 0 radical (unpaired) electrons. The van der Waals surface area contributed by atoms with E-state index in [-0.39, 0.29) is 6.61 Å². The molecule has 1 saturated heterocycles. The normalized spacial score (nSPS) is 22.4. The highest BCUT2D eigenvalue weighted by atomic mass is 16.5. The summed E-state index contributed by atoms with van der Waals surface area (Å²) < 4.78 is 7.31. The highest BCUT2D eigenvalue weighted by molar-refractivity contribution is 5.01. The Hall–Kier alpha value is -0.870. The Morgan fingerprint density at radius 2 is 2.62 bits per heavy atom. The Labute approximate surface area is 77.1 Å². The molecule has 4 heteroatoms. The Kier molecular flexibility index (Phi) is 2.61. The molecule has 13 heavy (non-hydrogen) atoms. The van der Waals surface area contributed by atoms with E-state index in [4.69, 9.17) is 9.84 Å². The van der Waals surface area contributed by atoms with Crippen molar-refractivity contribution in [3.63, 3.8) is 0 Å². The van der Waals surface area contributed by atoms with E-state index in [1.807, 2.05) is 10.9 Å². The van der Waals surface area contributed by atoms with Gasteiger partial charge in [-0.05, 0) is 12.8 Å². The number of hydrogen-bond acceptors (Lipinski definition) is 3. The van der Waals surface area contributed by atoms with Crippen LogP contribution >= 0.6 is 0 Å². The molecule has 72 valence electrons. The maximum absolute atomic E-state index is 8.83. The van der Waals surface area contributed by atoms with E-state index < -0.39 is 0 Å². The van der Waals surface area contributed by atoms with Gasteiger partial charge in [-0.25, -0.2) is 0 Å². The lowest BCUT2D eigenvalue weighted by Crippen LogP contribution is -2.15. The highest BCUT2D eigenvalue weighted by Gasteiger charge is 2.15. The molecule has 0 spiro atoms. The molecule has 1 atom stereocenters. The van der Waals surface area contributed by atoms with Crippen LogP contribution in [0.5, 0.6) is 0 Å². The molecule has 1 aliphatic rings. The highest BCUT2D eigenvalue weighted by Crippen LogP contribution is 2.13. The number of hydrogen-bond donors (Lipinski definition) is 1. The van der Waals surface area contributed by atoms with Gasteiger partial charge in [-0.2, -0.15) is 5.10 Å². The smallest absolute Gasteiger partial charge is 0.0771 e.